The van der Waals surface area contributed by atoms with Gasteiger partial charge in [0.05, 0.1) is 0 Å². The molecule has 0 radical (unpaired) electrons. The highest BCUT2D eigenvalue weighted by Gasteiger charge is 2.36. The number of halogens is 1. The third kappa shape index (κ3) is 4.36. The van der Waals surface area contributed by atoms with E-state index >= 15 is 0 Å². The number of hydrogen-bond donors (Lipinski definition) is 2. The zero-order valence-electron chi connectivity index (χ0n) is 14.5. The predicted molar refractivity (Wildman–Crippen MR) is 98.3 cm³/mol. The third-order valence-corrected chi connectivity index (χ3v) is 5.07. The van der Waals surface area contributed by atoms with Gasteiger partial charge in [-0.25, -0.2) is 0 Å². The van der Waals surface area contributed by atoms with E-state index < -0.39 is 5.54 Å². The molecule has 1 atom stereocenters. The van der Waals surface area contributed by atoms with E-state index in [1.165, 1.54) is 0 Å². The number of amides is 2. The van der Waals surface area contributed by atoms with Crippen molar-refractivity contribution in [2.75, 3.05) is 13.1 Å². The van der Waals surface area contributed by atoms with Crippen molar-refractivity contribution in [2.24, 2.45) is 11.7 Å². The molecule has 0 bridgehead atoms. The number of benzene rings is 1. The zero-order valence-corrected chi connectivity index (χ0v) is 16.1. The van der Waals surface area contributed by atoms with E-state index in [-0.39, 0.29) is 23.8 Å². The molecule has 0 aromatic heterocycles. The number of nitrogens with zero attached hydrogens (tertiary/aromatic N) is 1. The summed E-state index contributed by atoms with van der Waals surface area (Å²) in [6.07, 6.45) is 1.53. The summed E-state index contributed by atoms with van der Waals surface area (Å²) < 4.78 is 0.955. The molecule has 1 fully saturated rings. The molecule has 6 heteroatoms. The number of piperidine rings is 1. The van der Waals surface area contributed by atoms with Gasteiger partial charge in [0.15, 0.2) is 0 Å². The third-order valence-electron chi connectivity index (χ3n) is 4.54. The van der Waals surface area contributed by atoms with Crippen molar-refractivity contribution in [3.8, 4) is 0 Å². The Morgan fingerprint density at radius 1 is 1.25 bits per heavy atom. The fourth-order valence-electron chi connectivity index (χ4n) is 2.84. The van der Waals surface area contributed by atoms with Crippen LogP contribution in [0.1, 0.15) is 39.2 Å². The lowest BCUT2D eigenvalue weighted by Gasteiger charge is -2.37. The average molecular weight is 396 g/mol. The lowest BCUT2D eigenvalue weighted by atomic mass is 9.90. The SMILES string of the molecule is CC(C)C(=O)NC1CCN(C(=O)C(C)(N)c2ccc(Br)cc2)CC1. The maximum atomic E-state index is 12.8. The highest BCUT2D eigenvalue weighted by atomic mass is 79.9. The quantitative estimate of drug-likeness (QED) is 0.821. The van der Waals surface area contributed by atoms with E-state index in [0.717, 1.165) is 22.9 Å². The average Bonchev–Trinajstić information content (AvgIpc) is 2.55. The van der Waals surface area contributed by atoms with Crippen molar-refractivity contribution in [1.29, 1.82) is 0 Å². The maximum Gasteiger partial charge on any atom is 0.246 e. The molecule has 2 amide bonds. The second-order valence-corrected chi connectivity index (χ2v) is 7.85. The standard InChI is InChI=1S/C18H26BrN3O2/c1-12(2)16(23)21-15-8-10-22(11-9-15)17(24)18(3,20)13-4-6-14(19)7-5-13/h4-7,12,15H,8-11,20H2,1-3H3,(H,21,23). The Morgan fingerprint density at radius 3 is 2.29 bits per heavy atom. The van der Waals surface area contributed by atoms with Crippen LogP contribution < -0.4 is 11.1 Å². The minimum Gasteiger partial charge on any atom is -0.353 e. The molecule has 1 aliphatic rings. The Balaban J connectivity index is 1.97. The van der Waals surface area contributed by atoms with Gasteiger partial charge in [0.1, 0.15) is 5.54 Å². The van der Waals surface area contributed by atoms with Crippen molar-refractivity contribution in [3.05, 3.63) is 34.3 Å². The van der Waals surface area contributed by atoms with Gasteiger partial charge in [-0.1, -0.05) is 41.9 Å². The van der Waals surface area contributed by atoms with Gasteiger partial charge in [0, 0.05) is 29.5 Å². The molecule has 1 aliphatic heterocycles. The lowest BCUT2D eigenvalue weighted by Crippen LogP contribution is -2.55. The van der Waals surface area contributed by atoms with Gasteiger partial charge in [0.2, 0.25) is 11.8 Å². The topological polar surface area (TPSA) is 75.4 Å². The summed E-state index contributed by atoms with van der Waals surface area (Å²) >= 11 is 3.39. The minimum atomic E-state index is -1.05. The van der Waals surface area contributed by atoms with Crippen molar-refractivity contribution in [3.63, 3.8) is 0 Å². The first-order chi connectivity index (χ1) is 11.2. The Bertz CT molecular complexity index is 591. The molecule has 0 aliphatic carbocycles. The molecule has 2 rings (SSSR count). The van der Waals surface area contributed by atoms with Crippen LogP contribution in [0.2, 0.25) is 0 Å². The van der Waals surface area contributed by atoms with Crippen LogP contribution in [-0.2, 0) is 15.1 Å². The van der Waals surface area contributed by atoms with Crippen LogP contribution in [0.3, 0.4) is 0 Å². The van der Waals surface area contributed by atoms with E-state index in [2.05, 4.69) is 21.2 Å². The van der Waals surface area contributed by atoms with Gasteiger partial charge in [0.25, 0.3) is 0 Å². The minimum absolute atomic E-state index is 0.0191. The molecule has 0 spiro atoms. The van der Waals surface area contributed by atoms with Gasteiger partial charge < -0.3 is 16.0 Å². The molecular formula is C18H26BrN3O2. The van der Waals surface area contributed by atoms with Crippen LogP contribution >= 0.6 is 15.9 Å². The molecule has 132 valence electrons. The molecule has 1 aromatic carbocycles. The van der Waals surface area contributed by atoms with Gasteiger partial charge in [-0.2, -0.15) is 0 Å². The second-order valence-electron chi connectivity index (χ2n) is 6.94. The number of nitrogens with two attached hydrogens (primary N) is 1. The monoisotopic (exact) mass is 395 g/mol. The number of rotatable bonds is 4. The van der Waals surface area contributed by atoms with Crippen LogP contribution in [0.25, 0.3) is 0 Å². The fourth-order valence-corrected chi connectivity index (χ4v) is 3.11. The number of hydrogen-bond acceptors (Lipinski definition) is 3. The normalized spacial score (nSPS) is 18.3. The summed E-state index contributed by atoms with van der Waals surface area (Å²) in [6, 6.07) is 7.67. The van der Waals surface area contributed by atoms with Crippen LogP contribution in [0.15, 0.2) is 28.7 Å². The van der Waals surface area contributed by atoms with Crippen LogP contribution in [-0.4, -0.2) is 35.8 Å². The van der Waals surface area contributed by atoms with Crippen molar-refractivity contribution in [2.45, 2.75) is 45.2 Å². The highest BCUT2D eigenvalue weighted by Crippen LogP contribution is 2.24. The summed E-state index contributed by atoms with van der Waals surface area (Å²) in [5.41, 5.74) is 6.09. The van der Waals surface area contributed by atoms with Crippen LogP contribution in [0, 0.1) is 5.92 Å². The molecular weight excluding hydrogens is 370 g/mol. The Hall–Kier alpha value is -1.40. The molecule has 1 saturated heterocycles. The van der Waals surface area contributed by atoms with Gasteiger partial charge in [-0.05, 0) is 37.5 Å². The van der Waals surface area contributed by atoms with Crippen LogP contribution in [0.5, 0.6) is 0 Å². The summed E-state index contributed by atoms with van der Waals surface area (Å²) in [7, 11) is 0. The fraction of sp³-hybridized carbons (Fsp3) is 0.556. The van der Waals surface area contributed by atoms with Crippen molar-refractivity contribution in [1.82, 2.24) is 10.2 Å². The molecule has 3 N–H and O–H groups in total. The Kier molecular flexibility index (Phi) is 6.04. The van der Waals surface area contributed by atoms with Crippen molar-refractivity contribution < 1.29 is 9.59 Å². The Labute approximate surface area is 152 Å². The van der Waals surface area contributed by atoms with E-state index in [0.29, 0.717) is 13.1 Å². The summed E-state index contributed by atoms with van der Waals surface area (Å²) in [6.45, 7) is 6.75. The summed E-state index contributed by atoms with van der Waals surface area (Å²) in [5, 5.41) is 3.04. The first kappa shape index (κ1) is 18.9. The molecule has 5 nitrogen and oxygen atoms in total. The molecule has 1 heterocycles. The van der Waals surface area contributed by atoms with Gasteiger partial charge >= 0.3 is 0 Å². The first-order valence-corrected chi connectivity index (χ1v) is 9.15. The number of nitrogens with one attached hydrogen (secondary N) is 1. The molecule has 1 unspecified atom stereocenters. The van der Waals surface area contributed by atoms with E-state index in [1.807, 2.05) is 38.1 Å². The summed E-state index contributed by atoms with van der Waals surface area (Å²) in [4.78, 5) is 26.4. The maximum absolute atomic E-state index is 12.8. The van der Waals surface area contributed by atoms with E-state index in [9.17, 15) is 9.59 Å². The molecule has 1 aromatic rings. The lowest BCUT2D eigenvalue weighted by molar-refractivity contribution is -0.138. The Morgan fingerprint density at radius 2 is 1.79 bits per heavy atom. The zero-order chi connectivity index (χ0) is 17.9. The van der Waals surface area contributed by atoms with E-state index in [1.54, 1.807) is 11.8 Å². The first-order valence-electron chi connectivity index (χ1n) is 8.36. The summed E-state index contributed by atoms with van der Waals surface area (Å²) in [5.74, 6) is -0.0221. The second kappa shape index (κ2) is 7.66. The number of carbonyl (C=O) groups is 2. The highest BCUT2D eigenvalue weighted by molar-refractivity contribution is 9.10. The molecule has 0 saturated carbocycles. The smallest absolute Gasteiger partial charge is 0.246 e. The van der Waals surface area contributed by atoms with Gasteiger partial charge in [-0.15, -0.1) is 0 Å². The number of carbonyl (C=O) groups excluding carboxylic acids is 2. The van der Waals surface area contributed by atoms with Crippen molar-refractivity contribution >= 4 is 27.7 Å². The predicted octanol–water partition coefficient (Wildman–Crippen LogP) is 2.39. The van der Waals surface area contributed by atoms with Crippen LogP contribution in [0.4, 0.5) is 0 Å². The van der Waals surface area contributed by atoms with E-state index in [4.69, 9.17) is 5.73 Å². The van der Waals surface area contributed by atoms with Gasteiger partial charge in [-0.3, -0.25) is 9.59 Å². The number of likely N-dealkylation sites (tertiary alicyclic amines) is 1. The molecule has 24 heavy (non-hydrogen) atoms. The largest absolute Gasteiger partial charge is 0.353 e.